The number of nitrogens with zero attached hydrogens (tertiary/aromatic N) is 2. The van der Waals surface area contributed by atoms with Crippen LogP contribution < -0.4 is 0 Å². The second-order valence-electron chi connectivity index (χ2n) is 7.14. The van der Waals surface area contributed by atoms with Gasteiger partial charge in [-0.3, -0.25) is 4.40 Å². The number of rotatable bonds is 1. The summed E-state index contributed by atoms with van der Waals surface area (Å²) in [6.45, 7) is 6.50. The quantitative estimate of drug-likeness (QED) is 0.236. The van der Waals surface area contributed by atoms with Gasteiger partial charge in [-0.25, -0.2) is 4.98 Å². The van der Waals surface area contributed by atoms with Crippen LogP contribution >= 0.6 is 0 Å². The monoisotopic (exact) mass is 529 g/mol. The minimum atomic E-state index is 0. The molecule has 0 spiro atoms. The van der Waals surface area contributed by atoms with Crippen molar-refractivity contribution in [2.45, 2.75) is 20.8 Å². The first-order chi connectivity index (χ1) is 12.6. The molecule has 0 aliphatic heterocycles. The molecule has 0 atom stereocenters. The van der Waals surface area contributed by atoms with E-state index in [0.29, 0.717) is 0 Å². The van der Waals surface area contributed by atoms with E-state index in [2.05, 4.69) is 85.8 Å². The second kappa shape index (κ2) is 6.60. The molecule has 0 saturated carbocycles. The average molecular weight is 529 g/mol. The number of fused-ring (bicyclic) bond motifs is 6. The van der Waals surface area contributed by atoms with Gasteiger partial charge in [0.2, 0.25) is 0 Å². The van der Waals surface area contributed by atoms with Crippen molar-refractivity contribution in [1.29, 1.82) is 0 Å². The molecule has 3 aromatic carbocycles. The summed E-state index contributed by atoms with van der Waals surface area (Å²) in [6, 6.07) is 21.7. The Kier molecular flexibility index (Phi) is 4.38. The van der Waals surface area contributed by atoms with E-state index in [1.54, 1.807) is 0 Å². The summed E-state index contributed by atoms with van der Waals surface area (Å²) in [5.74, 6) is 0. The number of aryl methyl sites for hydroxylation is 3. The molecule has 2 aromatic heterocycles. The molecule has 27 heavy (non-hydrogen) atoms. The van der Waals surface area contributed by atoms with Crippen LogP contribution in [-0.4, -0.2) is 9.38 Å². The molecule has 0 fully saturated rings. The molecule has 0 bridgehead atoms. The van der Waals surface area contributed by atoms with Crippen molar-refractivity contribution in [3.63, 3.8) is 0 Å². The van der Waals surface area contributed by atoms with Crippen molar-refractivity contribution >= 4 is 27.3 Å². The van der Waals surface area contributed by atoms with Crippen LogP contribution in [0.5, 0.6) is 0 Å². The van der Waals surface area contributed by atoms with Crippen molar-refractivity contribution in [1.82, 2.24) is 9.38 Å². The molecule has 0 amide bonds. The fourth-order valence-corrected chi connectivity index (χ4v) is 4.15. The van der Waals surface area contributed by atoms with Gasteiger partial charge in [0.15, 0.2) is 0 Å². The third-order valence-electron chi connectivity index (χ3n) is 5.35. The maximum atomic E-state index is 4.84. The summed E-state index contributed by atoms with van der Waals surface area (Å²) < 4.78 is 2.33. The summed E-state index contributed by atoms with van der Waals surface area (Å²) in [4.78, 5) is 4.84. The molecule has 5 rings (SSSR count). The molecule has 0 aliphatic rings. The van der Waals surface area contributed by atoms with Crippen molar-refractivity contribution in [3.05, 3.63) is 83.6 Å². The first-order valence-corrected chi connectivity index (χ1v) is 9.00. The van der Waals surface area contributed by atoms with Crippen LogP contribution in [-0.2, 0) is 20.1 Å². The Morgan fingerprint density at radius 2 is 1.44 bits per heavy atom. The van der Waals surface area contributed by atoms with E-state index >= 15 is 0 Å². The Morgan fingerprint density at radius 1 is 0.741 bits per heavy atom. The largest absolute Gasteiger partial charge is 3.00 e. The topological polar surface area (TPSA) is 17.3 Å². The Bertz CT molecular complexity index is 1290. The zero-order valence-corrected chi connectivity index (χ0v) is 18.0. The van der Waals surface area contributed by atoms with Gasteiger partial charge >= 0.3 is 20.1 Å². The summed E-state index contributed by atoms with van der Waals surface area (Å²) in [5, 5.41) is 3.74. The fraction of sp³-hybridized carbons (Fsp3) is 0.125. The van der Waals surface area contributed by atoms with Crippen LogP contribution in [0, 0.1) is 20.8 Å². The average Bonchev–Trinajstić information content (AvgIpc) is 3.07. The third-order valence-corrected chi connectivity index (χ3v) is 5.35. The van der Waals surface area contributed by atoms with Gasteiger partial charge in [0.1, 0.15) is 5.65 Å². The fourth-order valence-electron chi connectivity index (χ4n) is 4.15. The van der Waals surface area contributed by atoms with Crippen LogP contribution in [0.2, 0.25) is 0 Å². The van der Waals surface area contributed by atoms with Crippen LogP contribution in [0.1, 0.15) is 16.7 Å². The minimum absolute atomic E-state index is 0. The van der Waals surface area contributed by atoms with Crippen LogP contribution in [0.4, 0.5) is 0 Å². The SMILES string of the molecule is Cc1ccc2c(c1)c1ccccc1c1ncc(-c3c(C)cccc3C)n21.[Ir+3]. The molecule has 2 heterocycles. The van der Waals surface area contributed by atoms with Crippen molar-refractivity contribution in [3.8, 4) is 11.3 Å². The molecular weight excluding hydrogens is 508 g/mol. The van der Waals surface area contributed by atoms with E-state index in [0.717, 1.165) is 11.3 Å². The van der Waals surface area contributed by atoms with Gasteiger partial charge in [0, 0.05) is 16.3 Å². The van der Waals surface area contributed by atoms with E-state index in [4.69, 9.17) is 4.98 Å². The van der Waals surface area contributed by atoms with Crippen LogP contribution in [0.15, 0.2) is 66.9 Å². The molecule has 0 N–H and O–H groups in total. The van der Waals surface area contributed by atoms with E-state index in [9.17, 15) is 0 Å². The normalized spacial score (nSPS) is 11.2. The molecular formula is C24H20IrN2+3. The second-order valence-corrected chi connectivity index (χ2v) is 7.14. The predicted octanol–water partition coefficient (Wildman–Crippen LogP) is 6.23. The van der Waals surface area contributed by atoms with E-state index in [-0.39, 0.29) is 20.1 Å². The number of benzene rings is 3. The van der Waals surface area contributed by atoms with Crippen molar-refractivity contribution < 1.29 is 20.1 Å². The van der Waals surface area contributed by atoms with Gasteiger partial charge in [0.05, 0.1) is 17.4 Å². The Morgan fingerprint density at radius 3 is 2.19 bits per heavy atom. The maximum absolute atomic E-state index is 4.84. The van der Waals surface area contributed by atoms with Crippen LogP contribution in [0.3, 0.4) is 0 Å². The number of hydrogen-bond donors (Lipinski definition) is 0. The number of hydrogen-bond acceptors (Lipinski definition) is 1. The molecule has 5 aromatic rings. The first-order valence-electron chi connectivity index (χ1n) is 9.00. The summed E-state index contributed by atoms with van der Waals surface area (Å²) in [6.07, 6.45) is 2.02. The Balaban J connectivity index is 0.00000180. The van der Waals surface area contributed by atoms with Gasteiger partial charge in [0.25, 0.3) is 0 Å². The molecule has 3 heteroatoms. The molecule has 132 valence electrons. The number of pyridine rings is 1. The van der Waals surface area contributed by atoms with E-state index in [1.807, 2.05) is 6.20 Å². The van der Waals surface area contributed by atoms with Crippen molar-refractivity contribution in [2.24, 2.45) is 0 Å². The third kappa shape index (κ3) is 2.62. The van der Waals surface area contributed by atoms with Gasteiger partial charge in [-0.2, -0.15) is 0 Å². The standard InChI is InChI=1S/C24H20N2.Ir/c1-15-11-12-21-20(13-15)18-9-4-5-10-19(18)24-25-14-22(26(21)24)23-16(2)7-6-8-17(23)3;/h4-14H,1-3H3;/q;+3. The van der Waals surface area contributed by atoms with Gasteiger partial charge < -0.3 is 0 Å². The number of aromatic nitrogens is 2. The summed E-state index contributed by atoms with van der Waals surface area (Å²) in [7, 11) is 0. The predicted molar refractivity (Wildman–Crippen MR) is 110 cm³/mol. The first kappa shape index (κ1) is 17.9. The van der Waals surface area contributed by atoms with E-state index in [1.165, 1.54) is 43.9 Å². The summed E-state index contributed by atoms with van der Waals surface area (Å²) in [5.41, 5.74) is 8.50. The molecule has 2 nitrogen and oxygen atoms in total. The minimum Gasteiger partial charge on any atom is -0.292 e. The van der Waals surface area contributed by atoms with Gasteiger partial charge in [-0.1, -0.05) is 54.1 Å². The van der Waals surface area contributed by atoms with Crippen molar-refractivity contribution in [2.75, 3.05) is 0 Å². The van der Waals surface area contributed by atoms with Gasteiger partial charge in [-0.15, -0.1) is 0 Å². The van der Waals surface area contributed by atoms with Crippen LogP contribution in [0.25, 0.3) is 38.6 Å². The number of imidazole rings is 1. The Hall–Kier alpha value is -2.48. The molecule has 0 aliphatic carbocycles. The Labute approximate surface area is 172 Å². The maximum Gasteiger partial charge on any atom is 3.00 e. The molecule has 0 saturated heterocycles. The summed E-state index contributed by atoms with van der Waals surface area (Å²) >= 11 is 0. The zero-order chi connectivity index (χ0) is 17.8. The smallest absolute Gasteiger partial charge is 0.292 e. The van der Waals surface area contributed by atoms with Gasteiger partial charge in [-0.05, 0) is 49.4 Å². The van der Waals surface area contributed by atoms with E-state index < -0.39 is 0 Å². The zero-order valence-electron chi connectivity index (χ0n) is 15.6. The molecule has 0 radical (unpaired) electrons. The molecule has 0 unspecified atom stereocenters.